The Morgan fingerprint density at radius 2 is 0.556 bits per heavy atom. The second kappa shape index (κ2) is 83.7. The second-order valence-electron chi connectivity index (χ2n) is 36.4. The minimum Gasteiger partial charge on any atom is -0.481 e. The SMILES string of the molecule is CC(C)(C)OC(=O)NC(CSSCC(NC(=O)OC(C)(C)C)C(=O)O)C(=O)O.CCCCSC1CCC1SCCCC(=O)C(CSSCC(NC(=O)OC(C)(C)C)C(C)=O)NC(=O)OC(C)(C)C.Cl.NCCSC1CCC1SCCN.[3H]C(P)C(=O)CNC(=O)CCC(=O)NC(CSSCC(NC(=O)CCC(=O)NCC(=O)C([3H])P)C(=O)CCCSC1CCC1SCCCC)C(C)=O.[3H]C(P)C(=O)CNC(=O)CCC(=O)O. The van der Waals surface area contributed by atoms with Gasteiger partial charge in [-0.25, -0.2) is 28.8 Å². The first-order chi connectivity index (χ1) is 68.2. The molecule has 0 aromatic rings. The molecule has 18 atom stereocenters. The van der Waals surface area contributed by atoms with Crippen molar-refractivity contribution >= 4 is 288 Å². The zero-order valence-electron chi connectivity index (χ0n) is 88.7. The number of unbranched alkanes of at least 4 members (excludes halogenated alkanes) is 2. The molecule has 832 valence electrons. The van der Waals surface area contributed by atoms with Gasteiger partial charge in [-0.1, -0.05) is 91.5 Å². The van der Waals surface area contributed by atoms with Crippen LogP contribution in [0.5, 0.6) is 0 Å². The summed E-state index contributed by atoms with van der Waals surface area (Å²) in [4.78, 5) is 225. The minimum atomic E-state index is -1.25. The van der Waals surface area contributed by atoms with Gasteiger partial charge in [-0.05, 0) is 184 Å². The zero-order chi connectivity index (χ0) is 111. The molecule has 53 heteroatoms. The fourth-order valence-corrected chi connectivity index (χ4v) is 27.5. The van der Waals surface area contributed by atoms with Crippen molar-refractivity contribution in [3.05, 3.63) is 0 Å². The van der Waals surface area contributed by atoms with Gasteiger partial charge >= 0.3 is 42.3 Å². The summed E-state index contributed by atoms with van der Waals surface area (Å²) in [6.07, 6.45) is 7.45. The maximum Gasteiger partial charge on any atom is 0.408 e. The highest BCUT2D eigenvalue weighted by Gasteiger charge is 2.36. The molecule has 18 unspecified atom stereocenters. The van der Waals surface area contributed by atoms with Crippen molar-refractivity contribution in [1.29, 1.82) is 0 Å². The highest BCUT2D eigenvalue weighted by molar-refractivity contribution is 8.77. The Labute approximate surface area is 918 Å². The smallest absolute Gasteiger partial charge is 0.408 e. The number of Topliss-reactive ketones (excluding diaryl/α,β-unsaturated/α-hetero) is 7. The molecule has 0 heterocycles. The van der Waals surface area contributed by atoms with Crippen molar-refractivity contribution in [3.63, 3.8) is 0 Å². The van der Waals surface area contributed by atoms with Crippen LogP contribution in [0.1, 0.15) is 243 Å². The molecule has 0 spiro atoms. The van der Waals surface area contributed by atoms with E-state index in [4.69, 9.17) is 39.6 Å². The molecule has 0 aromatic heterocycles. The van der Waals surface area contributed by atoms with E-state index in [1.54, 1.807) is 83.1 Å². The molecular weight excluding hydrogens is 2180 g/mol. The number of nitrogens with one attached hydrogen (secondary N) is 9. The van der Waals surface area contributed by atoms with Crippen molar-refractivity contribution in [2.24, 2.45) is 11.5 Å². The molecule has 37 nitrogen and oxygen atoms in total. The van der Waals surface area contributed by atoms with Crippen LogP contribution >= 0.6 is 175 Å². The maximum atomic E-state index is 13.3. The lowest BCUT2D eigenvalue weighted by Gasteiger charge is -2.35. The summed E-state index contributed by atoms with van der Waals surface area (Å²) in [5.41, 5.74) is 8.03. The predicted molar refractivity (Wildman–Crippen MR) is 610 cm³/mol. The Morgan fingerprint density at radius 1 is 0.333 bits per heavy atom. The molecular formula is C91H163ClN11O26P3S12. The Bertz CT molecular complexity index is 3960. The number of amides is 9. The number of hydrogen-bond donors (Lipinski definition) is 14. The van der Waals surface area contributed by atoms with Crippen molar-refractivity contribution in [3.8, 4) is 0 Å². The van der Waals surface area contributed by atoms with Gasteiger partial charge in [0, 0.05) is 158 Å². The van der Waals surface area contributed by atoms with E-state index >= 15 is 0 Å². The van der Waals surface area contributed by atoms with Crippen LogP contribution < -0.4 is 59.3 Å². The number of thioether (sulfide) groups is 6. The number of ketones is 7. The van der Waals surface area contributed by atoms with Gasteiger partial charge in [-0.3, -0.25) is 62.3 Å². The second-order valence-corrected chi connectivity index (χ2v) is 53.1. The zero-order valence-corrected chi connectivity index (χ0v) is 99.8. The van der Waals surface area contributed by atoms with Gasteiger partial charge in [0.25, 0.3) is 0 Å². The predicted octanol–water partition coefficient (Wildman–Crippen LogP) is 12.7. The molecule has 0 bridgehead atoms. The van der Waals surface area contributed by atoms with Crippen LogP contribution in [0.25, 0.3) is 0 Å². The summed E-state index contributed by atoms with van der Waals surface area (Å²) in [7, 11) is 13.4. The monoisotopic (exact) mass is 2340 g/mol. The minimum absolute atomic E-state index is 0. The van der Waals surface area contributed by atoms with E-state index < -0.39 is 166 Å². The quantitative estimate of drug-likeness (QED) is 0.0116. The normalized spacial score (nSPS) is 17.7. The molecule has 3 rings (SSSR count). The summed E-state index contributed by atoms with van der Waals surface area (Å²) in [5, 5.41) is 53.2. The van der Waals surface area contributed by atoms with Crippen molar-refractivity contribution < 1.29 is 129 Å². The number of ether oxygens (including phenoxy) is 4. The molecule has 9 amide bonds. The van der Waals surface area contributed by atoms with Crippen LogP contribution in [-0.4, -0.2) is 338 Å². The molecule has 0 radical (unpaired) electrons. The number of carboxylic acids is 3. The average molecular weight is 2350 g/mol. The number of hydrogen-bond acceptors (Lipinski definition) is 37. The number of carbonyl (C=O) groups is 19. The number of carboxylic acid groups (broad SMARTS) is 3. The van der Waals surface area contributed by atoms with Crippen molar-refractivity contribution in [1.82, 2.24) is 47.9 Å². The van der Waals surface area contributed by atoms with Gasteiger partial charge in [0.15, 0.2) is 40.5 Å². The molecule has 3 aliphatic carbocycles. The highest BCUT2D eigenvalue weighted by Crippen LogP contribution is 2.43. The molecule has 0 aromatic carbocycles. The van der Waals surface area contributed by atoms with Crippen LogP contribution in [0.15, 0.2) is 0 Å². The summed E-state index contributed by atoms with van der Waals surface area (Å²) < 4.78 is 42.3. The van der Waals surface area contributed by atoms with Crippen LogP contribution in [0, 0.1) is 0 Å². The van der Waals surface area contributed by atoms with Gasteiger partial charge in [-0.2, -0.15) is 70.6 Å². The molecule has 3 saturated carbocycles. The Balaban J connectivity index is -0.00000192. The number of nitrogens with two attached hydrogens (primary N) is 2. The summed E-state index contributed by atoms with van der Waals surface area (Å²) >= 11 is 12.1. The van der Waals surface area contributed by atoms with Gasteiger partial charge in [0.2, 0.25) is 29.5 Å². The first-order valence-corrected chi connectivity index (χ1v) is 63.0. The third-order valence-corrected chi connectivity index (χ3v) is 36.8. The van der Waals surface area contributed by atoms with Crippen LogP contribution in [-0.2, 0) is 90.9 Å². The number of alkyl carbamates (subject to hydrolysis) is 4. The molecule has 3 aliphatic rings. The molecule has 16 N–H and O–H groups in total. The maximum absolute atomic E-state index is 13.3. The fraction of sp³-hybridized carbons (Fsp3) is 0.791. The molecule has 0 saturated heterocycles. The van der Waals surface area contributed by atoms with Crippen LogP contribution in [0.2, 0.25) is 0 Å². The van der Waals surface area contributed by atoms with E-state index in [9.17, 15) is 101 Å². The van der Waals surface area contributed by atoms with E-state index in [1.165, 1.54) is 133 Å². The van der Waals surface area contributed by atoms with Crippen LogP contribution in [0.3, 0.4) is 0 Å². The Hall–Kier alpha value is -3.77. The number of rotatable bonds is 69. The van der Waals surface area contributed by atoms with Gasteiger partial charge < -0.3 is 93.6 Å². The summed E-state index contributed by atoms with van der Waals surface area (Å²) in [6, 6.07) is -5.53. The number of aliphatic carboxylic acids is 3. The largest absolute Gasteiger partial charge is 0.481 e. The average Bonchev–Trinajstić information content (AvgIpc) is 0.860. The molecule has 3 fully saturated rings. The highest BCUT2D eigenvalue weighted by atomic mass is 35.5. The Morgan fingerprint density at radius 3 is 0.799 bits per heavy atom. The van der Waals surface area contributed by atoms with Gasteiger partial charge in [-0.15, -0.1) is 40.1 Å². The summed E-state index contributed by atoms with van der Waals surface area (Å²) in [6.45, 7) is 28.4. The first-order valence-electron chi connectivity index (χ1n) is 49.0. The van der Waals surface area contributed by atoms with Crippen LogP contribution in [0.4, 0.5) is 19.2 Å². The fourth-order valence-electron chi connectivity index (χ4n) is 11.0. The van der Waals surface area contributed by atoms with E-state index in [1.807, 2.05) is 86.5 Å². The third kappa shape index (κ3) is 80.1. The topological polar surface area (TPSA) is 582 Å². The van der Waals surface area contributed by atoms with E-state index in [0.717, 1.165) is 79.9 Å². The standard InChI is InChI=1S/C32H54N4O8P2S4.C28H50N2O6S4.C16H28N2O8S2.C8H18N2S2.C7H12NO4P.ClH/c1-3-4-13-47-27-7-8-28(27)48-14-5-6-26(40)25(36-32(44)12-10-30(42)34-16-23(39)18-46)20-50-49-19-24(21(2)37)35-31(43)11-9-29(41)33-15-22(38)17-45;1-9-10-15-37-23-13-14-24(23)38-16-11-12-22(32)21(30-26(34)36-28(6,7)8)18-40-39-17-20(19(2)31)29-25(33)35-27(3,4)5;1-15(2,3)25-13(23)17-9(11(19)20)7-27-28-8-10(12(21)22)18-14(24)26-16(4,5)6;9-3-5-11-7-1-2-8(7)12-6-4-10;9-5(4-13)3-8-6(10)1-2-7(11)12;/h24-25,27-28H,3-20,45-46H2,1-2H3,(H,33,41)(H,34,42)(H,35,43)(H,36,44);20-21,23-24H,9-18H2,1-8H3,(H,29,33)(H,30,34);9-10H,7-8H2,1-6H3,(H,17,23)(H,18,24)(H,19,20)(H,21,22);7-8H,1-6,9-10H2;1-4,13H2,(H,8,10)(H,11,12);1H/i17T,18T;;;;4T;. The lowest BCUT2D eigenvalue weighted by atomic mass is 9.99. The lowest BCUT2D eigenvalue weighted by Crippen LogP contribution is -2.45. The lowest BCUT2D eigenvalue weighted by molar-refractivity contribution is -0.139. The van der Waals surface area contributed by atoms with Crippen molar-refractivity contribution in [2.45, 2.75) is 329 Å². The van der Waals surface area contributed by atoms with E-state index in [0.29, 0.717) is 40.1 Å². The van der Waals surface area contributed by atoms with Gasteiger partial charge in [0.05, 0.1) is 38.1 Å². The Kier molecular flexibility index (Phi) is 80.4. The van der Waals surface area contributed by atoms with E-state index in [2.05, 4.69) is 73.5 Å². The molecule has 144 heavy (non-hydrogen) atoms. The third-order valence-electron chi connectivity index (χ3n) is 18.9. The first kappa shape index (κ1) is 138. The van der Waals surface area contributed by atoms with Crippen molar-refractivity contribution in [2.75, 3.05) is 120 Å². The van der Waals surface area contributed by atoms with E-state index in [-0.39, 0.29) is 123 Å². The molecule has 0 aliphatic heterocycles. The van der Waals surface area contributed by atoms with Gasteiger partial charge in [0.1, 0.15) is 46.6 Å². The number of carbonyl (C=O) groups excluding carboxylic acids is 16. The number of halogens is 1. The summed E-state index contributed by atoms with van der Waals surface area (Å²) in [5.74, 6) is -0.860.